The first-order valence-corrected chi connectivity index (χ1v) is 9.15. The largest absolute Gasteiger partial charge is 0.459 e. The van der Waals surface area contributed by atoms with E-state index in [4.69, 9.17) is 21.1 Å². The van der Waals surface area contributed by atoms with Gasteiger partial charge in [-0.25, -0.2) is 9.59 Å². The molecule has 7 nitrogen and oxygen atoms in total. The van der Waals surface area contributed by atoms with E-state index in [-0.39, 0.29) is 11.8 Å². The molecule has 1 aromatic carbocycles. The molecule has 1 unspecified atom stereocenters. The summed E-state index contributed by atoms with van der Waals surface area (Å²) in [6.45, 7) is 8.23. The molecular weight excluding hydrogens is 384 g/mol. The first kappa shape index (κ1) is 21.5. The van der Waals surface area contributed by atoms with Crippen LogP contribution >= 0.6 is 11.6 Å². The van der Waals surface area contributed by atoms with Gasteiger partial charge in [0.2, 0.25) is 0 Å². The molecule has 150 valence electrons. The smallest absolute Gasteiger partial charge is 0.355 e. The van der Waals surface area contributed by atoms with Gasteiger partial charge in [0.1, 0.15) is 5.69 Å². The van der Waals surface area contributed by atoms with Gasteiger partial charge in [0, 0.05) is 16.4 Å². The normalized spacial score (nSPS) is 11.8. The minimum Gasteiger partial charge on any atom is -0.459 e. The number of hydrogen-bond donors (Lipinski definition) is 2. The van der Waals surface area contributed by atoms with Crippen molar-refractivity contribution in [3.63, 3.8) is 0 Å². The van der Waals surface area contributed by atoms with Crippen LogP contribution in [0.15, 0.2) is 24.3 Å². The van der Waals surface area contributed by atoms with Gasteiger partial charge in [-0.15, -0.1) is 0 Å². The van der Waals surface area contributed by atoms with Crippen LogP contribution in [0.3, 0.4) is 0 Å². The van der Waals surface area contributed by atoms with Crippen molar-refractivity contribution in [3.05, 3.63) is 51.8 Å². The minimum atomic E-state index is -1.04. The molecule has 0 fully saturated rings. The molecule has 1 aromatic heterocycles. The Hall–Kier alpha value is -2.80. The van der Waals surface area contributed by atoms with Crippen molar-refractivity contribution in [1.82, 2.24) is 4.98 Å². The lowest BCUT2D eigenvalue weighted by molar-refractivity contribution is -0.123. The van der Waals surface area contributed by atoms with Gasteiger partial charge >= 0.3 is 11.9 Å². The third kappa shape index (κ3) is 5.13. The fourth-order valence-corrected chi connectivity index (χ4v) is 2.71. The van der Waals surface area contributed by atoms with Crippen LogP contribution in [0, 0.1) is 13.8 Å². The molecule has 0 spiro atoms. The third-order valence-corrected chi connectivity index (χ3v) is 4.21. The summed E-state index contributed by atoms with van der Waals surface area (Å²) in [5.41, 5.74) is 1.84. The number of ether oxygens (including phenoxy) is 2. The fourth-order valence-electron chi connectivity index (χ4n) is 2.58. The number of esters is 2. The van der Waals surface area contributed by atoms with Crippen molar-refractivity contribution in [2.75, 3.05) is 5.32 Å². The maximum absolute atomic E-state index is 12.5. The second-order valence-corrected chi connectivity index (χ2v) is 7.06. The van der Waals surface area contributed by atoms with E-state index < -0.39 is 23.9 Å². The Morgan fingerprint density at radius 1 is 1.00 bits per heavy atom. The average molecular weight is 407 g/mol. The lowest BCUT2D eigenvalue weighted by Gasteiger charge is -2.13. The van der Waals surface area contributed by atoms with E-state index in [0.29, 0.717) is 27.5 Å². The summed E-state index contributed by atoms with van der Waals surface area (Å²) in [6.07, 6.45) is -1.33. The quantitative estimate of drug-likeness (QED) is 0.705. The summed E-state index contributed by atoms with van der Waals surface area (Å²) in [7, 11) is 0. The first-order valence-electron chi connectivity index (χ1n) is 8.77. The van der Waals surface area contributed by atoms with Gasteiger partial charge < -0.3 is 19.8 Å². The number of aryl methyl sites for hydroxylation is 1. The molecule has 2 aromatic rings. The number of benzene rings is 1. The highest BCUT2D eigenvalue weighted by atomic mass is 35.5. The number of carbonyl (C=O) groups excluding carboxylic acids is 3. The zero-order valence-electron chi connectivity index (χ0n) is 16.4. The minimum absolute atomic E-state index is 0.111. The Kier molecular flexibility index (Phi) is 6.85. The molecule has 8 heteroatoms. The number of aromatic nitrogens is 1. The lowest BCUT2D eigenvalue weighted by atomic mass is 10.1. The molecule has 0 aliphatic carbocycles. The van der Waals surface area contributed by atoms with Crippen LogP contribution in [-0.4, -0.2) is 35.0 Å². The Morgan fingerprint density at radius 2 is 1.61 bits per heavy atom. The highest BCUT2D eigenvalue weighted by Crippen LogP contribution is 2.21. The zero-order chi connectivity index (χ0) is 21.0. The van der Waals surface area contributed by atoms with Crippen molar-refractivity contribution in [1.29, 1.82) is 0 Å². The summed E-state index contributed by atoms with van der Waals surface area (Å²) in [5, 5.41) is 3.18. The first-order chi connectivity index (χ1) is 13.1. The predicted octanol–water partition coefficient (Wildman–Crippen LogP) is 4.03. The van der Waals surface area contributed by atoms with Gasteiger partial charge in [-0.3, -0.25) is 4.79 Å². The number of rotatable bonds is 6. The van der Waals surface area contributed by atoms with Crippen LogP contribution in [0.4, 0.5) is 5.69 Å². The number of carbonyl (C=O) groups is 3. The van der Waals surface area contributed by atoms with Crippen molar-refractivity contribution >= 4 is 35.1 Å². The highest BCUT2D eigenvalue weighted by molar-refractivity contribution is 6.30. The number of amides is 1. The van der Waals surface area contributed by atoms with Crippen LogP contribution < -0.4 is 5.32 Å². The van der Waals surface area contributed by atoms with Crippen LogP contribution in [-0.2, 0) is 14.3 Å². The Labute approximate surface area is 168 Å². The maximum atomic E-state index is 12.5. The number of nitrogens with one attached hydrogen (secondary N) is 2. The van der Waals surface area contributed by atoms with Gasteiger partial charge in [-0.05, 0) is 64.4 Å². The van der Waals surface area contributed by atoms with Gasteiger partial charge in [-0.2, -0.15) is 0 Å². The number of aromatic amines is 1. The van der Waals surface area contributed by atoms with Gasteiger partial charge in [0.15, 0.2) is 6.10 Å². The second-order valence-electron chi connectivity index (χ2n) is 6.62. The Bertz CT molecular complexity index is 887. The molecular formula is C20H23ClN2O5. The van der Waals surface area contributed by atoms with Crippen LogP contribution in [0.25, 0.3) is 0 Å². The highest BCUT2D eigenvalue weighted by Gasteiger charge is 2.26. The summed E-state index contributed by atoms with van der Waals surface area (Å²) < 4.78 is 10.4. The molecule has 1 atom stereocenters. The molecule has 0 aliphatic rings. The lowest BCUT2D eigenvalue weighted by Crippen LogP contribution is -2.30. The molecule has 2 N–H and O–H groups in total. The number of H-pyrrole nitrogens is 1. The fraction of sp³-hybridized carbons (Fsp3) is 0.350. The van der Waals surface area contributed by atoms with E-state index in [2.05, 4.69) is 10.3 Å². The van der Waals surface area contributed by atoms with Crippen molar-refractivity contribution in [2.45, 2.75) is 46.8 Å². The van der Waals surface area contributed by atoms with E-state index in [9.17, 15) is 14.4 Å². The molecule has 1 heterocycles. The number of halogens is 1. The monoisotopic (exact) mass is 406 g/mol. The van der Waals surface area contributed by atoms with E-state index >= 15 is 0 Å². The van der Waals surface area contributed by atoms with E-state index in [1.54, 1.807) is 52.0 Å². The molecule has 2 rings (SSSR count). The van der Waals surface area contributed by atoms with Gasteiger partial charge in [0.05, 0.1) is 11.7 Å². The molecule has 28 heavy (non-hydrogen) atoms. The number of hydrogen-bond acceptors (Lipinski definition) is 5. The van der Waals surface area contributed by atoms with Crippen LogP contribution in [0.2, 0.25) is 5.02 Å². The molecule has 0 aliphatic heterocycles. The predicted molar refractivity (Wildman–Crippen MR) is 106 cm³/mol. The molecule has 1 amide bonds. The summed E-state index contributed by atoms with van der Waals surface area (Å²) in [4.78, 5) is 39.8. The molecule has 0 saturated heterocycles. The summed E-state index contributed by atoms with van der Waals surface area (Å²) >= 11 is 5.81. The van der Waals surface area contributed by atoms with Crippen molar-refractivity contribution in [3.8, 4) is 0 Å². The SMILES string of the molecule is Cc1[nH]c(C(=O)OC(C)C(=O)Nc2ccc(Cl)cc2)c(C)c1C(=O)OC(C)C. The van der Waals surface area contributed by atoms with E-state index in [1.807, 2.05) is 0 Å². The summed E-state index contributed by atoms with van der Waals surface area (Å²) in [6, 6.07) is 6.55. The van der Waals surface area contributed by atoms with Crippen molar-refractivity contribution < 1.29 is 23.9 Å². The molecule has 0 saturated carbocycles. The van der Waals surface area contributed by atoms with E-state index in [1.165, 1.54) is 6.92 Å². The zero-order valence-corrected chi connectivity index (χ0v) is 17.1. The topological polar surface area (TPSA) is 97.5 Å². The third-order valence-electron chi connectivity index (χ3n) is 3.95. The summed E-state index contributed by atoms with van der Waals surface area (Å²) in [5.74, 6) is -1.74. The van der Waals surface area contributed by atoms with E-state index in [0.717, 1.165) is 0 Å². The van der Waals surface area contributed by atoms with Gasteiger partial charge in [-0.1, -0.05) is 11.6 Å². The van der Waals surface area contributed by atoms with Crippen LogP contribution in [0.5, 0.6) is 0 Å². The molecule has 0 radical (unpaired) electrons. The maximum Gasteiger partial charge on any atom is 0.355 e. The average Bonchev–Trinajstić information content (AvgIpc) is 2.90. The van der Waals surface area contributed by atoms with Crippen LogP contribution in [0.1, 0.15) is 52.9 Å². The molecule has 0 bridgehead atoms. The van der Waals surface area contributed by atoms with Crippen molar-refractivity contribution in [2.24, 2.45) is 0 Å². The number of anilines is 1. The van der Waals surface area contributed by atoms with Gasteiger partial charge in [0.25, 0.3) is 5.91 Å². The standard InChI is InChI=1S/C20H23ClN2O5/c1-10(2)27-19(25)16-11(3)17(22-12(16)4)20(26)28-13(5)18(24)23-15-8-6-14(21)7-9-15/h6-10,13,22H,1-5H3,(H,23,24). The Morgan fingerprint density at radius 3 is 2.18 bits per heavy atom. The Balaban J connectivity index is 2.08. The second kappa shape index (κ2) is 8.93.